The monoisotopic (exact) mass is 373 g/mol. The van der Waals surface area contributed by atoms with Crippen molar-refractivity contribution in [2.24, 2.45) is 5.92 Å². The molecule has 2 atom stereocenters. The first kappa shape index (κ1) is 17.5. The lowest BCUT2D eigenvalue weighted by Gasteiger charge is -2.42. The summed E-state index contributed by atoms with van der Waals surface area (Å²) in [5.74, 6) is -0.629. The van der Waals surface area contributed by atoms with E-state index in [-0.39, 0.29) is 29.1 Å². The van der Waals surface area contributed by atoms with Gasteiger partial charge in [-0.2, -0.15) is 0 Å². The van der Waals surface area contributed by atoms with Gasteiger partial charge in [0.1, 0.15) is 5.82 Å². The molecule has 0 spiro atoms. The fraction of sp³-hybridized carbons (Fsp3) is 0.333. The summed E-state index contributed by atoms with van der Waals surface area (Å²) in [6.07, 6.45) is 0.920. The quantitative estimate of drug-likeness (QED) is 0.787. The Hall–Kier alpha value is -2.91. The molecule has 2 N–H and O–H groups in total. The third-order valence-electron chi connectivity index (χ3n) is 5.17. The Morgan fingerprint density at radius 3 is 2.85 bits per heavy atom. The zero-order valence-corrected chi connectivity index (χ0v) is 14.3. The molecule has 2 aromatic rings. The first-order valence-electron chi connectivity index (χ1n) is 8.63. The summed E-state index contributed by atoms with van der Waals surface area (Å²) in [6.45, 7) is 1.55. The maximum Gasteiger partial charge on any atom is 0.321 e. The van der Waals surface area contributed by atoms with Crippen molar-refractivity contribution >= 4 is 17.4 Å². The molecule has 1 fully saturated rings. The molecule has 2 aliphatic rings. The largest absolute Gasteiger partial charge is 0.733 e. The number of hydrogen-bond acceptors (Lipinski definition) is 5. The van der Waals surface area contributed by atoms with Gasteiger partial charge in [0.2, 0.25) is 0 Å². The predicted molar refractivity (Wildman–Crippen MR) is 96.2 cm³/mol. The summed E-state index contributed by atoms with van der Waals surface area (Å²) in [5.41, 5.74) is 0.544. The summed E-state index contributed by atoms with van der Waals surface area (Å²) in [6, 6.07) is 8.21. The molecular formula is C18H18FN4O4-. The molecule has 3 heterocycles. The van der Waals surface area contributed by atoms with Crippen LogP contribution in [-0.2, 0) is 6.54 Å². The van der Waals surface area contributed by atoms with E-state index in [2.05, 4.69) is 5.32 Å². The number of aromatic nitrogens is 1. The number of halogens is 1. The number of urea groups is 1. The fourth-order valence-electron chi connectivity index (χ4n) is 4.00. The molecular weight excluding hydrogens is 355 g/mol. The van der Waals surface area contributed by atoms with E-state index in [4.69, 9.17) is 5.21 Å². The lowest BCUT2D eigenvalue weighted by molar-refractivity contribution is 0.139. The molecule has 1 aromatic heterocycles. The van der Waals surface area contributed by atoms with Gasteiger partial charge in [0.25, 0.3) is 5.56 Å². The highest BCUT2D eigenvalue weighted by molar-refractivity contribution is 5.90. The van der Waals surface area contributed by atoms with Crippen molar-refractivity contribution < 1.29 is 14.4 Å². The molecule has 2 amide bonds. The van der Waals surface area contributed by atoms with Crippen LogP contribution in [0.1, 0.15) is 18.0 Å². The van der Waals surface area contributed by atoms with Gasteiger partial charge in [-0.1, -0.05) is 6.07 Å². The molecule has 2 aliphatic heterocycles. The second-order valence-corrected chi connectivity index (χ2v) is 6.97. The third-order valence-corrected chi connectivity index (χ3v) is 5.17. The van der Waals surface area contributed by atoms with Crippen molar-refractivity contribution in [2.45, 2.75) is 18.9 Å². The highest BCUT2D eigenvalue weighted by atomic mass is 19.1. The molecule has 27 heavy (non-hydrogen) atoms. The highest BCUT2D eigenvalue weighted by Gasteiger charge is 2.36. The van der Waals surface area contributed by atoms with Crippen LogP contribution in [0.2, 0.25) is 0 Å². The molecule has 142 valence electrons. The van der Waals surface area contributed by atoms with Crippen molar-refractivity contribution in [3.63, 3.8) is 0 Å². The standard InChI is InChI=1S/C18H18FN4O4/c19-14-5-4-13(7-16(14)23(26)27)20-18(25)21-8-11-6-12(10-21)15-2-1-3-17(24)22(15)9-11/h1-5,7,11-12,26H,6,8-10H2,(H,20,25)/q-1/t11-,12+/m1/s1. The van der Waals surface area contributed by atoms with Crippen LogP contribution in [-0.4, -0.2) is 33.8 Å². The highest BCUT2D eigenvalue weighted by Crippen LogP contribution is 2.35. The average Bonchev–Trinajstić information content (AvgIpc) is 2.64. The van der Waals surface area contributed by atoms with Crippen molar-refractivity contribution in [3.8, 4) is 0 Å². The van der Waals surface area contributed by atoms with Gasteiger partial charge in [-0.15, -0.1) is 0 Å². The normalized spacial score (nSPS) is 20.8. The molecule has 4 rings (SSSR count). The summed E-state index contributed by atoms with van der Waals surface area (Å²) in [4.78, 5) is 26.4. The van der Waals surface area contributed by atoms with Crippen LogP contribution in [0.4, 0.5) is 20.6 Å². The van der Waals surface area contributed by atoms with E-state index in [1.54, 1.807) is 21.6 Å². The first-order valence-corrected chi connectivity index (χ1v) is 8.63. The molecule has 0 radical (unpaired) electrons. The molecule has 9 heteroatoms. The Kier molecular flexibility index (Phi) is 4.33. The minimum atomic E-state index is -0.889. The number of fused-ring (bicyclic) bond motifs is 4. The van der Waals surface area contributed by atoms with Gasteiger partial charge >= 0.3 is 6.03 Å². The van der Waals surface area contributed by atoms with Crippen molar-refractivity contribution in [1.29, 1.82) is 0 Å². The fourth-order valence-corrected chi connectivity index (χ4v) is 4.00. The lowest BCUT2D eigenvalue weighted by atomic mass is 9.83. The molecule has 1 aromatic carbocycles. The second-order valence-electron chi connectivity index (χ2n) is 6.97. The van der Waals surface area contributed by atoms with E-state index in [0.29, 0.717) is 19.6 Å². The van der Waals surface area contributed by atoms with Gasteiger partial charge < -0.3 is 25.2 Å². The number of likely N-dealkylation sites (tertiary alicyclic amines) is 1. The maximum absolute atomic E-state index is 13.5. The number of nitrogens with one attached hydrogen (secondary N) is 1. The SMILES string of the molecule is O=C(Nc1ccc(F)c(N([O-])O)c1)N1C[C@H]2C[C@@H](C1)c1cccc(=O)n1C2. The Labute approximate surface area is 154 Å². The summed E-state index contributed by atoms with van der Waals surface area (Å²) >= 11 is 0. The molecule has 0 aliphatic carbocycles. The minimum Gasteiger partial charge on any atom is -0.733 e. The minimum absolute atomic E-state index is 0.0230. The van der Waals surface area contributed by atoms with Crippen LogP contribution in [0.15, 0.2) is 41.2 Å². The number of piperidine rings is 1. The Balaban J connectivity index is 1.52. The summed E-state index contributed by atoms with van der Waals surface area (Å²) in [7, 11) is 0. The van der Waals surface area contributed by atoms with E-state index in [1.165, 1.54) is 6.07 Å². The molecule has 8 nitrogen and oxygen atoms in total. The second kappa shape index (κ2) is 6.67. The number of anilines is 2. The van der Waals surface area contributed by atoms with Crippen LogP contribution in [0.5, 0.6) is 0 Å². The van der Waals surface area contributed by atoms with Gasteiger partial charge in [-0.05, 0) is 36.6 Å². The van der Waals surface area contributed by atoms with E-state index in [9.17, 15) is 19.2 Å². The van der Waals surface area contributed by atoms with Gasteiger partial charge in [-0.25, -0.2) is 9.18 Å². The van der Waals surface area contributed by atoms with Gasteiger partial charge in [0.05, 0.1) is 5.69 Å². The molecule has 0 unspecified atom stereocenters. The average molecular weight is 373 g/mol. The third kappa shape index (κ3) is 3.26. The van der Waals surface area contributed by atoms with Crippen LogP contribution in [0.25, 0.3) is 0 Å². The first-order chi connectivity index (χ1) is 12.9. The van der Waals surface area contributed by atoms with E-state index in [1.807, 2.05) is 6.07 Å². The number of carbonyl (C=O) groups is 1. The molecule has 0 saturated carbocycles. The lowest BCUT2D eigenvalue weighted by Crippen LogP contribution is -2.50. The van der Waals surface area contributed by atoms with Gasteiger partial charge in [-0.3, -0.25) is 10.0 Å². The predicted octanol–water partition coefficient (Wildman–Crippen LogP) is 2.33. The topological polar surface area (TPSA) is 101 Å². The number of rotatable bonds is 2. The van der Waals surface area contributed by atoms with Crippen LogP contribution < -0.4 is 16.1 Å². The van der Waals surface area contributed by atoms with E-state index in [0.717, 1.165) is 24.2 Å². The van der Waals surface area contributed by atoms with Crippen molar-refractivity contribution in [2.75, 3.05) is 23.6 Å². The zero-order valence-electron chi connectivity index (χ0n) is 14.3. The van der Waals surface area contributed by atoms with Crippen LogP contribution >= 0.6 is 0 Å². The van der Waals surface area contributed by atoms with Crippen LogP contribution in [0.3, 0.4) is 0 Å². The van der Waals surface area contributed by atoms with Crippen LogP contribution in [0, 0.1) is 16.9 Å². The number of pyridine rings is 1. The molecule has 2 bridgehead atoms. The van der Waals surface area contributed by atoms with Gasteiger partial charge in [0, 0.05) is 43.0 Å². The van der Waals surface area contributed by atoms with Crippen molar-refractivity contribution in [1.82, 2.24) is 9.47 Å². The summed E-state index contributed by atoms with van der Waals surface area (Å²) in [5, 5.41) is 21.9. The number of carbonyl (C=O) groups excluding carboxylic acids is 1. The Morgan fingerprint density at radius 1 is 1.26 bits per heavy atom. The Bertz CT molecular complexity index is 945. The molecule has 1 saturated heterocycles. The number of amides is 2. The number of benzene rings is 1. The summed E-state index contributed by atoms with van der Waals surface area (Å²) < 4.78 is 15.3. The Morgan fingerprint density at radius 2 is 2.07 bits per heavy atom. The van der Waals surface area contributed by atoms with E-state index < -0.39 is 16.7 Å². The smallest absolute Gasteiger partial charge is 0.321 e. The number of nitrogens with zero attached hydrogens (tertiary/aromatic N) is 3. The van der Waals surface area contributed by atoms with E-state index >= 15 is 0 Å². The van der Waals surface area contributed by atoms with Gasteiger partial charge in [0.15, 0.2) is 0 Å². The zero-order chi connectivity index (χ0) is 19.1. The number of hydrogen-bond donors (Lipinski definition) is 2. The van der Waals surface area contributed by atoms with Crippen molar-refractivity contribution in [3.05, 3.63) is 63.5 Å². The maximum atomic E-state index is 13.5.